The molecular formula is C34H31BrFNO4. The van der Waals surface area contributed by atoms with Crippen LogP contribution in [0.25, 0.3) is 0 Å². The Morgan fingerprint density at radius 2 is 1.51 bits per heavy atom. The lowest BCUT2D eigenvalue weighted by Crippen LogP contribution is -2.48. The van der Waals surface area contributed by atoms with Crippen LogP contribution in [0.15, 0.2) is 114 Å². The van der Waals surface area contributed by atoms with Gasteiger partial charge in [-0.05, 0) is 34.9 Å². The van der Waals surface area contributed by atoms with Gasteiger partial charge in [0.05, 0.1) is 37.9 Å². The molecule has 2 aliphatic rings. The second kappa shape index (κ2) is 11.5. The number of hydrogen-bond donors (Lipinski definition) is 0. The number of carbonyl (C=O) groups is 1. The Hall–Kier alpha value is -3.36. The molecule has 7 heteroatoms. The van der Waals surface area contributed by atoms with Gasteiger partial charge in [0.15, 0.2) is 0 Å². The Morgan fingerprint density at radius 3 is 2.05 bits per heavy atom. The number of hydrogen-bond acceptors (Lipinski definition) is 4. The molecule has 2 saturated heterocycles. The van der Waals surface area contributed by atoms with Crippen LogP contribution in [0, 0.1) is 11.7 Å². The molecule has 2 fully saturated rings. The van der Waals surface area contributed by atoms with Crippen molar-refractivity contribution in [3.8, 4) is 0 Å². The summed E-state index contributed by atoms with van der Waals surface area (Å²) in [6.07, 6.45) is -0.405. The molecule has 2 aliphatic heterocycles. The number of hydroxylamine groups is 2. The van der Waals surface area contributed by atoms with Crippen molar-refractivity contribution in [2.45, 2.75) is 24.0 Å². The first kappa shape index (κ1) is 27.8. The van der Waals surface area contributed by atoms with E-state index in [0.29, 0.717) is 12.2 Å². The van der Waals surface area contributed by atoms with Gasteiger partial charge >= 0.3 is 0 Å². The minimum Gasteiger partial charge on any atom is -0.377 e. The summed E-state index contributed by atoms with van der Waals surface area (Å²) in [5, 5.41) is 1.30. The molecule has 2 heterocycles. The smallest absolute Gasteiger partial charge is 0.243 e. The van der Waals surface area contributed by atoms with Crippen LogP contribution in [0.2, 0.25) is 0 Å². The molecule has 6 rings (SSSR count). The third kappa shape index (κ3) is 4.81. The van der Waals surface area contributed by atoms with Crippen molar-refractivity contribution in [2.75, 3.05) is 26.4 Å². The topological polar surface area (TPSA) is 48.0 Å². The number of benzene rings is 4. The number of carbonyl (C=O) groups excluding carboxylic acids is 1. The fourth-order valence-corrected chi connectivity index (χ4v) is 6.85. The van der Waals surface area contributed by atoms with Gasteiger partial charge in [0.25, 0.3) is 0 Å². The van der Waals surface area contributed by atoms with Gasteiger partial charge in [-0.2, -0.15) is 0 Å². The summed E-state index contributed by atoms with van der Waals surface area (Å²) in [5.41, 5.74) is 2.06. The van der Waals surface area contributed by atoms with Crippen molar-refractivity contribution in [3.63, 3.8) is 0 Å². The first-order chi connectivity index (χ1) is 20.0. The zero-order valence-electron chi connectivity index (χ0n) is 22.7. The first-order valence-electron chi connectivity index (χ1n) is 13.7. The van der Waals surface area contributed by atoms with Crippen LogP contribution in [-0.2, 0) is 30.1 Å². The molecule has 1 amide bonds. The van der Waals surface area contributed by atoms with E-state index in [1.807, 2.05) is 54.6 Å². The average Bonchev–Trinajstić information content (AvgIpc) is 3.56. The van der Waals surface area contributed by atoms with E-state index < -0.39 is 22.9 Å². The lowest BCUT2D eigenvalue weighted by atomic mass is 9.70. The summed E-state index contributed by atoms with van der Waals surface area (Å²) < 4.78 is 28.9. The molecule has 4 aromatic carbocycles. The van der Waals surface area contributed by atoms with E-state index in [9.17, 15) is 4.79 Å². The summed E-state index contributed by atoms with van der Waals surface area (Å²) in [7, 11) is 0. The highest BCUT2D eigenvalue weighted by atomic mass is 79.9. The van der Waals surface area contributed by atoms with Crippen molar-refractivity contribution in [1.82, 2.24) is 5.06 Å². The number of halogens is 2. The number of amides is 1. The minimum absolute atomic E-state index is 0.111. The maximum absolute atomic E-state index is 15.3. The van der Waals surface area contributed by atoms with Gasteiger partial charge in [-0.15, -0.1) is 0 Å². The Bertz CT molecular complexity index is 1410. The summed E-state index contributed by atoms with van der Waals surface area (Å²) in [6, 6.07) is 35.9. The highest BCUT2D eigenvalue weighted by Crippen LogP contribution is 2.50. The summed E-state index contributed by atoms with van der Waals surface area (Å²) >= 11 is 3.46. The summed E-state index contributed by atoms with van der Waals surface area (Å²) in [6.45, 7) is 2.37. The molecule has 0 bridgehead atoms. The fraction of sp³-hybridized carbons (Fsp3) is 0.265. The number of fused-ring (bicyclic) bond motifs is 1. The van der Waals surface area contributed by atoms with E-state index >= 15 is 4.39 Å². The van der Waals surface area contributed by atoms with Crippen molar-refractivity contribution in [1.29, 1.82) is 0 Å². The van der Waals surface area contributed by atoms with Gasteiger partial charge in [0.1, 0.15) is 11.4 Å². The van der Waals surface area contributed by atoms with Gasteiger partial charge < -0.3 is 9.47 Å². The van der Waals surface area contributed by atoms with Crippen LogP contribution in [0.4, 0.5) is 4.39 Å². The monoisotopic (exact) mass is 615 g/mol. The van der Waals surface area contributed by atoms with Crippen LogP contribution in [0.1, 0.15) is 29.2 Å². The zero-order valence-corrected chi connectivity index (χ0v) is 24.3. The lowest BCUT2D eigenvalue weighted by Gasteiger charge is -2.36. The Kier molecular flexibility index (Phi) is 7.79. The van der Waals surface area contributed by atoms with Crippen LogP contribution in [0.5, 0.6) is 0 Å². The van der Waals surface area contributed by atoms with E-state index in [2.05, 4.69) is 52.3 Å². The van der Waals surface area contributed by atoms with Crippen LogP contribution >= 0.6 is 15.9 Å². The minimum atomic E-state index is -1.08. The fourth-order valence-electron chi connectivity index (χ4n) is 6.49. The maximum Gasteiger partial charge on any atom is 0.243 e. The molecule has 41 heavy (non-hydrogen) atoms. The quantitative estimate of drug-likeness (QED) is 0.208. The van der Waals surface area contributed by atoms with E-state index in [4.69, 9.17) is 14.3 Å². The molecule has 210 valence electrons. The highest BCUT2D eigenvalue weighted by Gasteiger charge is 2.61. The molecule has 0 spiro atoms. The van der Waals surface area contributed by atoms with E-state index in [1.54, 1.807) is 12.1 Å². The summed E-state index contributed by atoms with van der Waals surface area (Å²) in [5.74, 6) is -1.01. The second-order valence-corrected chi connectivity index (χ2v) is 11.5. The molecule has 0 unspecified atom stereocenters. The van der Waals surface area contributed by atoms with Crippen LogP contribution < -0.4 is 0 Å². The average molecular weight is 617 g/mol. The number of ether oxygens (including phenoxy) is 2. The standard InChI is InChI=1S/C34H31BrFNO4/c1-24(38)37-34(29-19-28(35)17-18-31(29)36)23-40-32(30(34)20-41-37)21-39-22-33(25-11-5-2-6-12-25,26-13-7-3-8-14-26)27-15-9-4-10-16-27/h2-19,30,32H,20-23H2,1H3/t30-,32-,34-/m1/s1. The van der Waals surface area contributed by atoms with Crippen molar-refractivity contribution >= 4 is 21.8 Å². The molecular weight excluding hydrogens is 585 g/mol. The van der Waals surface area contributed by atoms with Gasteiger partial charge in [0.2, 0.25) is 5.91 Å². The SMILES string of the molecule is CC(=O)N1OC[C@@H]2[C@@H](COCC(c3ccccc3)(c3ccccc3)c3ccccc3)OC[C@@]21c1cc(Br)ccc1F. The Labute approximate surface area is 247 Å². The number of nitrogens with zero attached hydrogens (tertiary/aromatic N) is 1. The van der Waals surface area contributed by atoms with Gasteiger partial charge in [-0.3, -0.25) is 9.63 Å². The Morgan fingerprint density at radius 1 is 0.951 bits per heavy atom. The zero-order chi connectivity index (χ0) is 28.5. The molecule has 3 atom stereocenters. The van der Waals surface area contributed by atoms with Crippen LogP contribution in [0.3, 0.4) is 0 Å². The molecule has 0 N–H and O–H groups in total. The van der Waals surface area contributed by atoms with E-state index in [1.165, 1.54) is 18.1 Å². The largest absolute Gasteiger partial charge is 0.377 e. The maximum atomic E-state index is 15.3. The summed E-state index contributed by atoms with van der Waals surface area (Å²) in [4.78, 5) is 18.6. The highest BCUT2D eigenvalue weighted by molar-refractivity contribution is 9.10. The molecule has 0 radical (unpaired) electrons. The predicted molar refractivity (Wildman–Crippen MR) is 158 cm³/mol. The third-order valence-electron chi connectivity index (χ3n) is 8.41. The molecule has 0 saturated carbocycles. The second-order valence-electron chi connectivity index (χ2n) is 10.6. The normalized spacial score (nSPS) is 22.1. The first-order valence-corrected chi connectivity index (χ1v) is 14.5. The van der Waals surface area contributed by atoms with Crippen molar-refractivity contribution < 1.29 is 23.5 Å². The number of rotatable bonds is 8. The van der Waals surface area contributed by atoms with Gasteiger partial charge in [-0.1, -0.05) is 107 Å². The van der Waals surface area contributed by atoms with Gasteiger partial charge in [0, 0.05) is 22.9 Å². The predicted octanol–water partition coefficient (Wildman–Crippen LogP) is 6.64. The lowest BCUT2D eigenvalue weighted by molar-refractivity contribution is -0.194. The molecule has 4 aromatic rings. The molecule has 5 nitrogen and oxygen atoms in total. The van der Waals surface area contributed by atoms with Crippen LogP contribution in [-0.4, -0.2) is 43.5 Å². The van der Waals surface area contributed by atoms with E-state index in [-0.39, 0.29) is 31.6 Å². The Balaban J connectivity index is 1.34. The van der Waals surface area contributed by atoms with Crippen molar-refractivity contribution in [2.24, 2.45) is 5.92 Å². The molecule has 0 aromatic heterocycles. The van der Waals surface area contributed by atoms with Crippen molar-refractivity contribution in [3.05, 3.63) is 142 Å². The van der Waals surface area contributed by atoms with E-state index in [0.717, 1.165) is 21.2 Å². The third-order valence-corrected chi connectivity index (χ3v) is 8.90. The molecule has 0 aliphatic carbocycles. The van der Waals surface area contributed by atoms with Gasteiger partial charge in [-0.25, -0.2) is 9.45 Å².